The third kappa shape index (κ3) is 4.26. The summed E-state index contributed by atoms with van der Waals surface area (Å²) in [5.74, 6) is 2.75. The Morgan fingerprint density at radius 3 is 2.62 bits per heavy atom. The molecule has 3 aromatic heterocycles. The second-order valence-electron chi connectivity index (χ2n) is 9.47. The first-order chi connectivity index (χ1) is 16.6. The molecule has 7 heteroatoms. The summed E-state index contributed by atoms with van der Waals surface area (Å²) in [5.41, 5.74) is 6.38. The van der Waals surface area contributed by atoms with E-state index >= 15 is 0 Å². The van der Waals surface area contributed by atoms with Gasteiger partial charge in [0.2, 0.25) is 0 Å². The van der Waals surface area contributed by atoms with Crippen molar-refractivity contribution in [3.05, 3.63) is 89.1 Å². The van der Waals surface area contributed by atoms with Gasteiger partial charge in [0.15, 0.2) is 5.82 Å². The lowest BCUT2D eigenvalue weighted by Crippen LogP contribution is -2.24. The molecule has 1 aliphatic carbocycles. The quantitative estimate of drug-likeness (QED) is 0.475. The van der Waals surface area contributed by atoms with Crippen LogP contribution in [0, 0.1) is 12.3 Å². The lowest BCUT2D eigenvalue weighted by molar-refractivity contribution is 0.345. The van der Waals surface area contributed by atoms with Crippen molar-refractivity contribution < 1.29 is 0 Å². The van der Waals surface area contributed by atoms with Crippen LogP contribution in [0.15, 0.2) is 60.9 Å². The summed E-state index contributed by atoms with van der Waals surface area (Å²) >= 11 is 0. The Balaban J connectivity index is 1.18. The summed E-state index contributed by atoms with van der Waals surface area (Å²) in [6, 6.07) is 16.4. The Morgan fingerprint density at radius 2 is 1.76 bits per heavy atom. The van der Waals surface area contributed by atoms with E-state index in [0.717, 1.165) is 30.3 Å². The molecular formula is C27H27N7. The van der Waals surface area contributed by atoms with Gasteiger partial charge in [-0.05, 0) is 79.1 Å². The zero-order chi connectivity index (χ0) is 23.0. The molecule has 1 unspecified atom stereocenters. The number of hydrogen-bond donors (Lipinski definition) is 2. The molecule has 4 heterocycles. The zero-order valence-corrected chi connectivity index (χ0v) is 19.3. The Kier molecular flexibility index (Phi) is 5.26. The Hall–Kier alpha value is -3.71. The van der Waals surface area contributed by atoms with Crippen LogP contribution in [0.5, 0.6) is 0 Å². The van der Waals surface area contributed by atoms with Crippen LogP contribution < -0.4 is 10.6 Å². The average Bonchev–Trinajstić information content (AvgIpc) is 3.45. The highest BCUT2D eigenvalue weighted by Crippen LogP contribution is 2.41. The summed E-state index contributed by atoms with van der Waals surface area (Å²) in [6.45, 7) is 4.24. The summed E-state index contributed by atoms with van der Waals surface area (Å²) < 4.78 is 0. The van der Waals surface area contributed by atoms with E-state index in [1.807, 2.05) is 37.3 Å². The first-order valence-corrected chi connectivity index (χ1v) is 11.8. The Labute approximate surface area is 199 Å². The molecule has 1 aromatic carbocycles. The normalized spacial score (nSPS) is 18.9. The maximum atomic E-state index is 4.74. The number of nitrogens with one attached hydrogen (secondary N) is 2. The van der Waals surface area contributed by atoms with Crippen LogP contribution in [0.3, 0.4) is 0 Å². The van der Waals surface area contributed by atoms with Crippen molar-refractivity contribution in [2.24, 2.45) is 5.41 Å². The molecule has 2 N–H and O–H groups in total. The summed E-state index contributed by atoms with van der Waals surface area (Å²) in [4.78, 5) is 22.8. The van der Waals surface area contributed by atoms with Crippen molar-refractivity contribution in [3.63, 3.8) is 0 Å². The molecule has 6 rings (SSSR count). The number of hydrogen-bond acceptors (Lipinski definition) is 7. The molecule has 34 heavy (non-hydrogen) atoms. The molecule has 1 saturated heterocycles. The molecule has 1 fully saturated rings. The highest BCUT2D eigenvalue weighted by Gasteiger charge is 2.39. The third-order valence-electron chi connectivity index (χ3n) is 6.83. The standard InChI is InChI=1S/C27H27N7/c1-18-3-2-4-22(31-18)26-30-11-8-24(34-26)32-23-7-10-29-25(33-23)14-19-5-6-20-15-27(9-12-28-17-27)16-21(20)13-19/h2-8,10-11,13,28H,9,12,14-17H2,1H3,(H,29,30,32,33,34). The number of aromatic nitrogens is 5. The van der Waals surface area contributed by atoms with Crippen molar-refractivity contribution in [1.29, 1.82) is 0 Å². The van der Waals surface area contributed by atoms with Crippen LogP contribution >= 0.6 is 0 Å². The lowest BCUT2D eigenvalue weighted by atomic mass is 9.84. The highest BCUT2D eigenvalue weighted by molar-refractivity contribution is 5.56. The fraction of sp³-hybridized carbons (Fsp3) is 0.296. The van der Waals surface area contributed by atoms with E-state index in [1.54, 1.807) is 12.4 Å². The maximum Gasteiger partial charge on any atom is 0.180 e. The number of anilines is 2. The number of aryl methyl sites for hydroxylation is 1. The molecule has 2 aliphatic rings. The molecule has 170 valence electrons. The molecule has 1 spiro atoms. The van der Waals surface area contributed by atoms with E-state index in [9.17, 15) is 0 Å². The predicted octanol–water partition coefficient (Wildman–Crippen LogP) is 4.05. The highest BCUT2D eigenvalue weighted by atomic mass is 15.1. The van der Waals surface area contributed by atoms with Crippen molar-refractivity contribution in [3.8, 4) is 11.5 Å². The summed E-state index contributed by atoms with van der Waals surface area (Å²) in [7, 11) is 0. The minimum atomic E-state index is 0.436. The minimum Gasteiger partial charge on any atom is -0.325 e. The topological polar surface area (TPSA) is 88.5 Å². The maximum absolute atomic E-state index is 4.74. The van der Waals surface area contributed by atoms with Crippen LogP contribution in [0.4, 0.5) is 11.6 Å². The number of fused-ring (bicyclic) bond motifs is 1. The Morgan fingerprint density at radius 1 is 0.912 bits per heavy atom. The van der Waals surface area contributed by atoms with E-state index in [-0.39, 0.29) is 0 Å². The fourth-order valence-corrected chi connectivity index (χ4v) is 5.18. The van der Waals surface area contributed by atoms with Crippen molar-refractivity contribution >= 4 is 11.6 Å². The van der Waals surface area contributed by atoms with E-state index in [0.29, 0.717) is 29.3 Å². The summed E-state index contributed by atoms with van der Waals surface area (Å²) in [6.07, 6.45) is 7.88. The van der Waals surface area contributed by atoms with Crippen molar-refractivity contribution in [1.82, 2.24) is 30.2 Å². The van der Waals surface area contributed by atoms with Gasteiger partial charge in [0.1, 0.15) is 23.2 Å². The number of nitrogens with zero attached hydrogens (tertiary/aromatic N) is 5. The molecule has 0 saturated carbocycles. The van der Waals surface area contributed by atoms with Crippen LogP contribution in [0.2, 0.25) is 0 Å². The van der Waals surface area contributed by atoms with E-state index in [2.05, 4.69) is 48.8 Å². The van der Waals surface area contributed by atoms with Crippen molar-refractivity contribution in [2.45, 2.75) is 32.6 Å². The molecule has 1 aliphatic heterocycles. The van der Waals surface area contributed by atoms with Gasteiger partial charge in [0, 0.05) is 31.1 Å². The molecule has 1 atom stereocenters. The number of pyridine rings is 1. The van der Waals surface area contributed by atoms with Gasteiger partial charge in [0.25, 0.3) is 0 Å². The number of rotatable bonds is 5. The Bertz CT molecular complexity index is 1340. The van der Waals surface area contributed by atoms with Crippen molar-refractivity contribution in [2.75, 3.05) is 18.4 Å². The molecule has 0 amide bonds. The van der Waals surface area contributed by atoms with Gasteiger partial charge in [-0.3, -0.25) is 0 Å². The first-order valence-electron chi connectivity index (χ1n) is 11.8. The smallest absolute Gasteiger partial charge is 0.180 e. The predicted molar refractivity (Wildman–Crippen MR) is 132 cm³/mol. The molecule has 7 nitrogen and oxygen atoms in total. The van der Waals surface area contributed by atoms with Crippen LogP contribution in [-0.4, -0.2) is 38.0 Å². The van der Waals surface area contributed by atoms with Gasteiger partial charge >= 0.3 is 0 Å². The molecular weight excluding hydrogens is 422 g/mol. The van der Waals surface area contributed by atoms with Crippen LogP contribution in [0.25, 0.3) is 11.5 Å². The van der Waals surface area contributed by atoms with Gasteiger partial charge in [-0.2, -0.15) is 0 Å². The summed E-state index contributed by atoms with van der Waals surface area (Å²) in [5, 5.41) is 6.84. The van der Waals surface area contributed by atoms with Gasteiger partial charge in [-0.1, -0.05) is 24.3 Å². The van der Waals surface area contributed by atoms with E-state index < -0.39 is 0 Å². The average molecular weight is 450 g/mol. The monoisotopic (exact) mass is 449 g/mol. The number of benzene rings is 1. The first kappa shape index (κ1) is 20.9. The van der Waals surface area contributed by atoms with E-state index in [1.165, 1.54) is 36.0 Å². The van der Waals surface area contributed by atoms with Crippen LogP contribution in [0.1, 0.15) is 34.6 Å². The van der Waals surface area contributed by atoms with Gasteiger partial charge in [-0.25, -0.2) is 24.9 Å². The van der Waals surface area contributed by atoms with Gasteiger partial charge in [-0.15, -0.1) is 0 Å². The SMILES string of the molecule is Cc1cccc(-c2nccc(Nc3ccnc(Cc4ccc5c(c4)CC4(CCNC4)C5)n3)n2)n1. The zero-order valence-electron chi connectivity index (χ0n) is 19.3. The van der Waals surface area contributed by atoms with Gasteiger partial charge in [0.05, 0.1) is 0 Å². The molecule has 0 bridgehead atoms. The largest absolute Gasteiger partial charge is 0.325 e. The second-order valence-corrected chi connectivity index (χ2v) is 9.47. The van der Waals surface area contributed by atoms with E-state index in [4.69, 9.17) is 4.98 Å². The minimum absolute atomic E-state index is 0.436. The molecule has 4 aromatic rings. The van der Waals surface area contributed by atoms with Crippen LogP contribution in [-0.2, 0) is 19.3 Å². The molecule has 0 radical (unpaired) electrons. The fourth-order valence-electron chi connectivity index (χ4n) is 5.18. The lowest BCUT2D eigenvalue weighted by Gasteiger charge is -2.20. The van der Waals surface area contributed by atoms with Gasteiger partial charge < -0.3 is 10.6 Å². The second kappa shape index (κ2) is 8.57. The third-order valence-corrected chi connectivity index (χ3v) is 6.83.